The summed E-state index contributed by atoms with van der Waals surface area (Å²) in [5, 5.41) is 3.16. The molecule has 0 fully saturated rings. The van der Waals surface area contributed by atoms with Gasteiger partial charge in [-0.1, -0.05) is 32.3 Å². The molecule has 1 aliphatic rings. The zero-order valence-electron chi connectivity index (χ0n) is 13.4. The number of aliphatic imine (C=N–C) groups is 1. The van der Waals surface area contributed by atoms with Crippen molar-refractivity contribution in [3.63, 3.8) is 0 Å². The van der Waals surface area contributed by atoms with Crippen molar-refractivity contribution < 1.29 is 9.47 Å². The van der Waals surface area contributed by atoms with Gasteiger partial charge >= 0.3 is 0 Å². The van der Waals surface area contributed by atoms with Crippen LogP contribution < -0.4 is 20.5 Å². The SMILES string of the molecule is CCCCCCNC(N)=NCc1ccc2c(c1)OCCCO2. The number of rotatable bonds is 7. The van der Waals surface area contributed by atoms with Crippen molar-refractivity contribution in [1.82, 2.24) is 5.32 Å². The number of guanidine groups is 1. The first-order chi connectivity index (χ1) is 10.8. The largest absolute Gasteiger partial charge is 0.490 e. The van der Waals surface area contributed by atoms with Crippen molar-refractivity contribution in [2.45, 2.75) is 45.6 Å². The van der Waals surface area contributed by atoms with Gasteiger partial charge in [-0.15, -0.1) is 0 Å². The van der Waals surface area contributed by atoms with Gasteiger partial charge in [0.2, 0.25) is 0 Å². The molecule has 1 aromatic rings. The second kappa shape index (κ2) is 9.18. The van der Waals surface area contributed by atoms with E-state index in [4.69, 9.17) is 15.2 Å². The third kappa shape index (κ3) is 5.47. The molecule has 122 valence electrons. The molecule has 0 radical (unpaired) electrons. The van der Waals surface area contributed by atoms with Gasteiger partial charge in [0.25, 0.3) is 0 Å². The lowest BCUT2D eigenvalue weighted by atomic mass is 10.2. The summed E-state index contributed by atoms with van der Waals surface area (Å²) in [6.45, 7) is 5.04. The van der Waals surface area contributed by atoms with Crippen LogP contribution in [0.1, 0.15) is 44.6 Å². The van der Waals surface area contributed by atoms with Crippen LogP contribution in [0.5, 0.6) is 11.5 Å². The lowest BCUT2D eigenvalue weighted by Gasteiger charge is -2.09. The Hall–Kier alpha value is -1.91. The molecule has 0 saturated carbocycles. The molecule has 0 bridgehead atoms. The van der Waals surface area contributed by atoms with Gasteiger partial charge in [0.05, 0.1) is 19.8 Å². The molecule has 0 spiro atoms. The van der Waals surface area contributed by atoms with E-state index in [9.17, 15) is 0 Å². The molecule has 1 aromatic carbocycles. The first-order valence-electron chi connectivity index (χ1n) is 8.22. The Balaban J connectivity index is 1.80. The van der Waals surface area contributed by atoms with Gasteiger partial charge in [-0.3, -0.25) is 0 Å². The average Bonchev–Trinajstić information content (AvgIpc) is 2.77. The minimum atomic E-state index is 0.503. The molecule has 1 aliphatic heterocycles. The van der Waals surface area contributed by atoms with Crippen LogP contribution >= 0.6 is 0 Å². The Morgan fingerprint density at radius 1 is 1.18 bits per heavy atom. The Morgan fingerprint density at radius 3 is 2.82 bits per heavy atom. The van der Waals surface area contributed by atoms with Crippen molar-refractivity contribution in [3.8, 4) is 11.5 Å². The number of nitrogens with one attached hydrogen (secondary N) is 1. The van der Waals surface area contributed by atoms with Crippen molar-refractivity contribution in [2.75, 3.05) is 19.8 Å². The highest BCUT2D eigenvalue weighted by Crippen LogP contribution is 2.30. The van der Waals surface area contributed by atoms with Crippen molar-refractivity contribution in [1.29, 1.82) is 0 Å². The maximum absolute atomic E-state index is 5.88. The lowest BCUT2D eigenvalue weighted by Crippen LogP contribution is -2.32. The fourth-order valence-electron chi connectivity index (χ4n) is 2.31. The maximum Gasteiger partial charge on any atom is 0.188 e. The second-order valence-corrected chi connectivity index (χ2v) is 5.52. The molecule has 2 rings (SSSR count). The number of unbranched alkanes of at least 4 members (excludes halogenated alkanes) is 3. The zero-order chi connectivity index (χ0) is 15.6. The number of nitrogens with zero attached hydrogens (tertiary/aromatic N) is 1. The van der Waals surface area contributed by atoms with E-state index >= 15 is 0 Å². The molecule has 5 nitrogen and oxygen atoms in total. The molecule has 1 heterocycles. The Labute approximate surface area is 132 Å². The number of ether oxygens (including phenoxy) is 2. The van der Waals surface area contributed by atoms with E-state index < -0.39 is 0 Å². The quantitative estimate of drug-likeness (QED) is 0.462. The monoisotopic (exact) mass is 305 g/mol. The van der Waals surface area contributed by atoms with Crippen LogP contribution in [0.3, 0.4) is 0 Å². The Morgan fingerprint density at radius 2 is 2.00 bits per heavy atom. The highest BCUT2D eigenvalue weighted by atomic mass is 16.5. The molecule has 3 N–H and O–H groups in total. The third-order valence-corrected chi connectivity index (χ3v) is 3.58. The van der Waals surface area contributed by atoms with E-state index in [1.807, 2.05) is 18.2 Å². The Bertz CT molecular complexity index is 489. The van der Waals surface area contributed by atoms with Crippen LogP contribution in [0, 0.1) is 0 Å². The van der Waals surface area contributed by atoms with Crippen molar-refractivity contribution >= 4 is 5.96 Å². The minimum Gasteiger partial charge on any atom is -0.490 e. The van der Waals surface area contributed by atoms with Gasteiger partial charge in [-0.2, -0.15) is 0 Å². The molecular weight excluding hydrogens is 278 g/mol. The summed E-state index contributed by atoms with van der Waals surface area (Å²) in [4.78, 5) is 4.37. The number of benzene rings is 1. The molecule has 0 saturated heterocycles. The molecule has 0 unspecified atom stereocenters. The predicted molar refractivity (Wildman–Crippen MR) is 89.5 cm³/mol. The molecule has 0 atom stereocenters. The van der Waals surface area contributed by atoms with Crippen LogP contribution in [0.25, 0.3) is 0 Å². The van der Waals surface area contributed by atoms with E-state index in [2.05, 4.69) is 17.2 Å². The van der Waals surface area contributed by atoms with Gasteiger partial charge in [0, 0.05) is 13.0 Å². The van der Waals surface area contributed by atoms with E-state index in [-0.39, 0.29) is 0 Å². The van der Waals surface area contributed by atoms with E-state index in [0.29, 0.717) is 25.7 Å². The number of hydrogen-bond acceptors (Lipinski definition) is 3. The summed E-state index contributed by atoms with van der Waals surface area (Å²) in [5.41, 5.74) is 6.95. The first-order valence-corrected chi connectivity index (χ1v) is 8.22. The van der Waals surface area contributed by atoms with E-state index in [1.165, 1.54) is 19.3 Å². The zero-order valence-corrected chi connectivity index (χ0v) is 13.4. The van der Waals surface area contributed by atoms with Crippen molar-refractivity contribution in [2.24, 2.45) is 10.7 Å². The second-order valence-electron chi connectivity index (χ2n) is 5.52. The third-order valence-electron chi connectivity index (χ3n) is 3.58. The molecular formula is C17H27N3O2. The number of nitrogens with two attached hydrogens (primary N) is 1. The van der Waals surface area contributed by atoms with Crippen LogP contribution in [0.15, 0.2) is 23.2 Å². The van der Waals surface area contributed by atoms with Crippen LogP contribution in [0.2, 0.25) is 0 Å². The lowest BCUT2D eigenvalue weighted by molar-refractivity contribution is 0.297. The van der Waals surface area contributed by atoms with Gasteiger partial charge in [0.1, 0.15) is 0 Å². The summed E-state index contributed by atoms with van der Waals surface area (Å²) in [6, 6.07) is 5.93. The predicted octanol–water partition coefficient (Wildman–Crippen LogP) is 2.83. The average molecular weight is 305 g/mol. The van der Waals surface area contributed by atoms with Crippen LogP contribution in [-0.2, 0) is 6.54 Å². The topological polar surface area (TPSA) is 68.9 Å². The minimum absolute atomic E-state index is 0.503. The molecule has 0 aliphatic carbocycles. The van der Waals surface area contributed by atoms with E-state index in [0.717, 1.165) is 36.4 Å². The van der Waals surface area contributed by atoms with Gasteiger partial charge in [0.15, 0.2) is 17.5 Å². The van der Waals surface area contributed by atoms with Crippen LogP contribution in [0.4, 0.5) is 0 Å². The molecule has 0 aromatic heterocycles. The van der Waals surface area contributed by atoms with Gasteiger partial charge in [-0.05, 0) is 24.1 Å². The first kappa shape index (κ1) is 16.5. The summed E-state index contributed by atoms with van der Waals surface area (Å²) in [7, 11) is 0. The normalized spacial score (nSPS) is 14.5. The maximum atomic E-state index is 5.88. The summed E-state index contributed by atoms with van der Waals surface area (Å²) in [6.07, 6.45) is 5.80. The summed E-state index contributed by atoms with van der Waals surface area (Å²) < 4.78 is 11.3. The summed E-state index contributed by atoms with van der Waals surface area (Å²) in [5.74, 6) is 2.12. The fourth-order valence-corrected chi connectivity index (χ4v) is 2.31. The smallest absolute Gasteiger partial charge is 0.188 e. The fraction of sp³-hybridized carbons (Fsp3) is 0.588. The molecule has 22 heavy (non-hydrogen) atoms. The van der Waals surface area contributed by atoms with E-state index in [1.54, 1.807) is 0 Å². The Kier molecular flexibility index (Phi) is 6.87. The molecule has 5 heteroatoms. The van der Waals surface area contributed by atoms with Gasteiger partial charge < -0.3 is 20.5 Å². The summed E-state index contributed by atoms with van der Waals surface area (Å²) >= 11 is 0. The van der Waals surface area contributed by atoms with Gasteiger partial charge in [-0.25, -0.2) is 4.99 Å². The number of hydrogen-bond donors (Lipinski definition) is 2. The van der Waals surface area contributed by atoms with Crippen molar-refractivity contribution in [3.05, 3.63) is 23.8 Å². The highest BCUT2D eigenvalue weighted by molar-refractivity contribution is 5.77. The van der Waals surface area contributed by atoms with Crippen LogP contribution in [-0.4, -0.2) is 25.7 Å². The molecule has 0 amide bonds. The number of fused-ring (bicyclic) bond motifs is 1. The standard InChI is InChI=1S/C17H27N3O2/c1-2-3-4-5-9-19-17(18)20-13-14-7-8-15-16(12-14)22-11-6-10-21-15/h7-8,12H,2-6,9-11,13H2,1H3,(H3,18,19,20). The highest BCUT2D eigenvalue weighted by Gasteiger charge is 2.10.